The first-order valence-electron chi connectivity index (χ1n) is 4.71. The number of pyridine rings is 1. The van der Waals surface area contributed by atoms with E-state index >= 15 is 0 Å². The van der Waals surface area contributed by atoms with Crippen LogP contribution in [0.15, 0.2) is 17.1 Å². The van der Waals surface area contributed by atoms with Crippen molar-refractivity contribution in [2.24, 2.45) is 0 Å². The summed E-state index contributed by atoms with van der Waals surface area (Å²) in [7, 11) is 0. The Hall–Kier alpha value is -1.58. The molecule has 1 aromatic rings. The van der Waals surface area contributed by atoms with Crippen molar-refractivity contribution < 1.29 is 9.90 Å². The van der Waals surface area contributed by atoms with Gasteiger partial charge in [-0.3, -0.25) is 4.79 Å². The van der Waals surface area contributed by atoms with Gasteiger partial charge in [0, 0.05) is 11.7 Å². The van der Waals surface area contributed by atoms with E-state index in [2.05, 4.69) is 0 Å². The quantitative estimate of drug-likeness (QED) is 0.764. The van der Waals surface area contributed by atoms with Gasteiger partial charge in [-0.15, -0.1) is 0 Å². The molecule has 0 unspecified atom stereocenters. The molecule has 0 radical (unpaired) electrons. The molecular formula is C11H15NO3. The van der Waals surface area contributed by atoms with Crippen molar-refractivity contribution in [1.29, 1.82) is 0 Å². The minimum atomic E-state index is -1.17. The summed E-state index contributed by atoms with van der Waals surface area (Å²) in [5.74, 6) is -1.17. The van der Waals surface area contributed by atoms with Crippen LogP contribution in [0.5, 0.6) is 0 Å². The van der Waals surface area contributed by atoms with Crippen molar-refractivity contribution in [3.05, 3.63) is 33.7 Å². The second kappa shape index (κ2) is 3.53. The summed E-state index contributed by atoms with van der Waals surface area (Å²) in [6.07, 6.45) is 1.63. The average Bonchev–Trinajstić information content (AvgIpc) is 2.00. The Morgan fingerprint density at radius 1 is 1.40 bits per heavy atom. The van der Waals surface area contributed by atoms with Crippen LogP contribution in [0.25, 0.3) is 0 Å². The van der Waals surface area contributed by atoms with Crippen LogP contribution in [-0.4, -0.2) is 15.6 Å². The zero-order chi connectivity index (χ0) is 11.8. The summed E-state index contributed by atoms with van der Waals surface area (Å²) in [4.78, 5) is 22.8. The smallest absolute Gasteiger partial charge is 0.341 e. The van der Waals surface area contributed by atoms with E-state index in [-0.39, 0.29) is 5.56 Å². The molecule has 0 aromatic carbocycles. The van der Waals surface area contributed by atoms with E-state index in [1.54, 1.807) is 19.2 Å². The predicted molar refractivity (Wildman–Crippen MR) is 57.4 cm³/mol. The maximum absolute atomic E-state index is 11.9. The lowest BCUT2D eigenvalue weighted by molar-refractivity contribution is 0.0693. The van der Waals surface area contributed by atoms with Gasteiger partial charge in [-0.1, -0.05) is 0 Å². The van der Waals surface area contributed by atoms with Gasteiger partial charge >= 0.3 is 5.97 Å². The van der Waals surface area contributed by atoms with Crippen molar-refractivity contribution in [3.63, 3.8) is 0 Å². The molecule has 0 saturated heterocycles. The third kappa shape index (κ3) is 2.09. The molecule has 0 amide bonds. The average molecular weight is 209 g/mol. The highest BCUT2D eigenvalue weighted by Crippen LogP contribution is 2.12. The predicted octanol–water partition coefficient (Wildman–Crippen LogP) is 1.61. The third-order valence-electron chi connectivity index (χ3n) is 2.24. The molecule has 0 saturated carbocycles. The molecule has 0 aliphatic carbocycles. The number of hydrogen-bond acceptors (Lipinski definition) is 2. The van der Waals surface area contributed by atoms with E-state index in [1.165, 1.54) is 4.57 Å². The second-order valence-corrected chi connectivity index (χ2v) is 4.52. The molecule has 0 aliphatic heterocycles. The fraction of sp³-hybridized carbons (Fsp3) is 0.455. The highest BCUT2D eigenvalue weighted by atomic mass is 16.4. The molecule has 0 aliphatic rings. The number of aryl methyl sites for hydroxylation is 1. The number of carbonyl (C=O) groups is 1. The minimum absolute atomic E-state index is 0.146. The fourth-order valence-corrected chi connectivity index (χ4v) is 1.41. The summed E-state index contributed by atoms with van der Waals surface area (Å²) < 4.78 is 1.43. The molecule has 82 valence electrons. The zero-order valence-corrected chi connectivity index (χ0v) is 9.37. The van der Waals surface area contributed by atoms with Gasteiger partial charge in [-0.05, 0) is 39.3 Å². The molecule has 0 atom stereocenters. The highest BCUT2D eigenvalue weighted by molar-refractivity contribution is 5.88. The number of carboxylic acid groups (broad SMARTS) is 1. The first kappa shape index (κ1) is 11.5. The number of carboxylic acids is 1. The number of nitrogens with zero attached hydrogens (tertiary/aromatic N) is 1. The maximum atomic E-state index is 11.9. The van der Waals surface area contributed by atoms with Crippen LogP contribution in [0, 0.1) is 6.92 Å². The second-order valence-electron chi connectivity index (χ2n) is 4.52. The van der Waals surface area contributed by atoms with Crippen molar-refractivity contribution in [1.82, 2.24) is 4.57 Å². The number of rotatable bonds is 1. The van der Waals surface area contributed by atoms with Crippen LogP contribution in [-0.2, 0) is 5.54 Å². The van der Waals surface area contributed by atoms with Gasteiger partial charge in [0.25, 0.3) is 5.56 Å². The molecule has 1 N–H and O–H groups in total. The van der Waals surface area contributed by atoms with Crippen molar-refractivity contribution in [2.75, 3.05) is 0 Å². The van der Waals surface area contributed by atoms with Gasteiger partial charge in [-0.2, -0.15) is 0 Å². The molecule has 4 heteroatoms. The largest absolute Gasteiger partial charge is 0.477 e. The topological polar surface area (TPSA) is 59.3 Å². The summed E-state index contributed by atoms with van der Waals surface area (Å²) in [5.41, 5.74) is -0.509. The normalized spacial score (nSPS) is 11.5. The fourth-order valence-electron chi connectivity index (χ4n) is 1.41. The zero-order valence-electron chi connectivity index (χ0n) is 9.37. The minimum Gasteiger partial charge on any atom is -0.477 e. The summed E-state index contributed by atoms with van der Waals surface area (Å²) >= 11 is 0. The molecular weight excluding hydrogens is 194 g/mol. The number of aromatic carboxylic acids is 1. The Bertz CT molecular complexity index is 452. The number of hydrogen-bond donors (Lipinski definition) is 1. The standard InChI is InChI=1S/C11H15NO3/c1-7-5-6-12(11(2,3)4)9(13)8(7)10(14)15/h5-6H,1-4H3,(H,14,15). The Balaban J connectivity index is 3.57. The summed E-state index contributed by atoms with van der Waals surface area (Å²) in [5, 5.41) is 8.92. The van der Waals surface area contributed by atoms with Crippen molar-refractivity contribution in [2.45, 2.75) is 33.2 Å². The highest BCUT2D eigenvalue weighted by Gasteiger charge is 2.20. The molecule has 4 nitrogen and oxygen atoms in total. The van der Waals surface area contributed by atoms with Gasteiger partial charge < -0.3 is 9.67 Å². The molecule has 0 fully saturated rings. The molecule has 15 heavy (non-hydrogen) atoms. The van der Waals surface area contributed by atoms with Crippen LogP contribution in [0.4, 0.5) is 0 Å². The van der Waals surface area contributed by atoms with Crippen molar-refractivity contribution >= 4 is 5.97 Å². The Morgan fingerprint density at radius 2 is 1.93 bits per heavy atom. The SMILES string of the molecule is Cc1ccn(C(C)(C)C)c(=O)c1C(=O)O. The van der Waals surface area contributed by atoms with E-state index in [4.69, 9.17) is 5.11 Å². The molecule has 1 aromatic heterocycles. The van der Waals surface area contributed by atoms with Crippen molar-refractivity contribution in [3.8, 4) is 0 Å². The Labute approximate surface area is 88.2 Å². The van der Waals surface area contributed by atoms with Gasteiger partial charge in [0.15, 0.2) is 0 Å². The van der Waals surface area contributed by atoms with Crippen LogP contribution < -0.4 is 5.56 Å². The van der Waals surface area contributed by atoms with E-state index in [9.17, 15) is 9.59 Å². The van der Waals surface area contributed by atoms with Crippen LogP contribution >= 0.6 is 0 Å². The maximum Gasteiger partial charge on any atom is 0.341 e. The monoisotopic (exact) mass is 209 g/mol. The van der Waals surface area contributed by atoms with Crippen LogP contribution in [0.2, 0.25) is 0 Å². The molecule has 0 bridgehead atoms. The van der Waals surface area contributed by atoms with Gasteiger partial charge in [0.1, 0.15) is 5.56 Å². The van der Waals surface area contributed by atoms with Crippen LogP contribution in [0.3, 0.4) is 0 Å². The third-order valence-corrected chi connectivity index (χ3v) is 2.24. The van der Waals surface area contributed by atoms with Gasteiger partial charge in [0.2, 0.25) is 0 Å². The first-order chi connectivity index (χ1) is 6.75. The Kier molecular flexibility index (Phi) is 2.71. The van der Waals surface area contributed by atoms with Gasteiger partial charge in [-0.25, -0.2) is 4.79 Å². The van der Waals surface area contributed by atoms with Gasteiger partial charge in [0.05, 0.1) is 0 Å². The van der Waals surface area contributed by atoms with Crippen LogP contribution in [0.1, 0.15) is 36.7 Å². The lowest BCUT2D eigenvalue weighted by Crippen LogP contribution is -2.36. The van der Waals surface area contributed by atoms with E-state index in [0.717, 1.165) is 0 Å². The lowest BCUT2D eigenvalue weighted by Gasteiger charge is -2.22. The summed E-state index contributed by atoms with van der Waals surface area (Å²) in [6, 6.07) is 1.65. The lowest BCUT2D eigenvalue weighted by atomic mass is 10.1. The van der Waals surface area contributed by atoms with E-state index in [0.29, 0.717) is 5.56 Å². The summed E-state index contributed by atoms with van der Waals surface area (Å²) in [6.45, 7) is 7.19. The molecule has 0 spiro atoms. The van der Waals surface area contributed by atoms with E-state index in [1.807, 2.05) is 20.8 Å². The molecule has 1 heterocycles. The Morgan fingerprint density at radius 3 is 2.33 bits per heavy atom. The first-order valence-corrected chi connectivity index (χ1v) is 4.71. The molecule has 1 rings (SSSR count). The van der Waals surface area contributed by atoms with E-state index < -0.39 is 17.1 Å². The number of aromatic nitrogens is 1.